The Morgan fingerprint density at radius 1 is 0.500 bits per heavy atom. The molecule has 0 radical (unpaired) electrons. The third kappa shape index (κ3) is 7.89. The predicted octanol–water partition coefficient (Wildman–Crippen LogP) is 9.16. The molecule has 28 heavy (non-hydrogen) atoms. The van der Waals surface area contributed by atoms with Gasteiger partial charge in [-0.05, 0) is 49.1 Å². The molecule has 0 heterocycles. The van der Waals surface area contributed by atoms with Gasteiger partial charge in [0.2, 0.25) is 0 Å². The Hall–Kier alpha value is -0.226. The Morgan fingerprint density at radius 3 is 0.964 bits per heavy atom. The summed E-state index contributed by atoms with van der Waals surface area (Å²) in [5, 5.41) is 0. The highest BCUT2D eigenvalue weighted by Crippen LogP contribution is 2.38. The second-order valence-electron chi connectivity index (χ2n) is 9.12. The SMILES string of the molecule is CCC[Si](CCC)(CCC)OC1=C(O[Si](CCC)(CCC)CCC)CCCC1. The highest BCUT2D eigenvalue weighted by Gasteiger charge is 2.39. The van der Waals surface area contributed by atoms with Gasteiger partial charge in [-0.1, -0.05) is 80.1 Å². The summed E-state index contributed by atoms with van der Waals surface area (Å²) in [6.45, 7) is 14.0. The standard InChI is InChI=1S/C24H50O2Si2/c1-7-17-27(18-8-2,19-9-3)25-23-15-13-14-16-24(23)26-28(20-10-4,21-11-5)22-12-6/h7-22H2,1-6H3. The number of rotatable bonds is 16. The number of allylic oxidation sites excluding steroid dienone is 2. The Labute approximate surface area is 179 Å². The van der Waals surface area contributed by atoms with E-state index in [4.69, 9.17) is 8.85 Å². The fourth-order valence-corrected chi connectivity index (χ4v) is 14.4. The molecule has 0 bridgehead atoms. The van der Waals surface area contributed by atoms with Gasteiger partial charge in [0.25, 0.3) is 16.6 Å². The maximum atomic E-state index is 7.11. The van der Waals surface area contributed by atoms with Crippen molar-refractivity contribution in [1.82, 2.24) is 0 Å². The number of hydrogen-bond donors (Lipinski definition) is 0. The van der Waals surface area contributed by atoms with Crippen molar-refractivity contribution in [2.24, 2.45) is 0 Å². The molecule has 0 aliphatic heterocycles. The van der Waals surface area contributed by atoms with Gasteiger partial charge in [0, 0.05) is 12.8 Å². The van der Waals surface area contributed by atoms with Crippen molar-refractivity contribution in [2.45, 2.75) is 142 Å². The first-order chi connectivity index (χ1) is 13.5. The van der Waals surface area contributed by atoms with Gasteiger partial charge in [0.05, 0.1) is 0 Å². The van der Waals surface area contributed by atoms with E-state index in [9.17, 15) is 0 Å². The van der Waals surface area contributed by atoms with Crippen molar-refractivity contribution in [3.05, 3.63) is 11.5 Å². The van der Waals surface area contributed by atoms with Crippen molar-refractivity contribution in [1.29, 1.82) is 0 Å². The Morgan fingerprint density at radius 2 is 0.750 bits per heavy atom. The van der Waals surface area contributed by atoms with E-state index in [-0.39, 0.29) is 0 Å². The van der Waals surface area contributed by atoms with Crippen LogP contribution in [0.1, 0.15) is 106 Å². The highest BCUT2D eigenvalue weighted by atomic mass is 28.4. The molecular weight excluding hydrogens is 376 g/mol. The molecule has 1 rings (SSSR count). The summed E-state index contributed by atoms with van der Waals surface area (Å²) in [5.41, 5.74) is 0. The Bertz CT molecular complexity index is 374. The van der Waals surface area contributed by atoms with E-state index in [0.717, 1.165) is 12.8 Å². The third-order valence-corrected chi connectivity index (χ3v) is 16.1. The van der Waals surface area contributed by atoms with E-state index in [1.165, 1.54) is 99.1 Å². The first-order valence-electron chi connectivity index (χ1n) is 12.6. The normalized spacial score (nSPS) is 15.8. The molecule has 0 unspecified atom stereocenters. The second kappa shape index (κ2) is 13.9. The van der Waals surface area contributed by atoms with Crippen LogP contribution in [-0.2, 0) is 8.85 Å². The fourth-order valence-electron chi connectivity index (χ4n) is 5.38. The molecule has 1 aliphatic carbocycles. The summed E-state index contributed by atoms with van der Waals surface area (Å²) in [5.74, 6) is 2.60. The van der Waals surface area contributed by atoms with Crippen LogP contribution in [0, 0.1) is 0 Å². The van der Waals surface area contributed by atoms with Crippen molar-refractivity contribution in [3.63, 3.8) is 0 Å². The van der Waals surface area contributed by atoms with E-state index >= 15 is 0 Å². The van der Waals surface area contributed by atoms with E-state index in [2.05, 4.69) is 41.5 Å². The van der Waals surface area contributed by atoms with Crippen molar-refractivity contribution >= 4 is 16.6 Å². The molecule has 0 amide bonds. The molecule has 0 aromatic rings. The first-order valence-corrected chi connectivity index (χ1v) is 17.7. The monoisotopic (exact) mass is 426 g/mol. The molecule has 0 N–H and O–H groups in total. The second-order valence-corrected chi connectivity index (χ2v) is 17.3. The van der Waals surface area contributed by atoms with E-state index < -0.39 is 16.6 Å². The zero-order valence-electron chi connectivity index (χ0n) is 20.1. The van der Waals surface area contributed by atoms with Crippen LogP contribution >= 0.6 is 0 Å². The van der Waals surface area contributed by atoms with Crippen LogP contribution in [0.4, 0.5) is 0 Å². The first kappa shape index (κ1) is 25.8. The van der Waals surface area contributed by atoms with Gasteiger partial charge in [-0.2, -0.15) is 0 Å². The van der Waals surface area contributed by atoms with E-state index in [1.54, 1.807) is 0 Å². The summed E-state index contributed by atoms with van der Waals surface area (Å²) in [7, 11) is -3.36. The topological polar surface area (TPSA) is 18.5 Å². The molecule has 166 valence electrons. The Kier molecular flexibility index (Phi) is 12.8. The van der Waals surface area contributed by atoms with Gasteiger partial charge in [-0.3, -0.25) is 0 Å². The van der Waals surface area contributed by atoms with Crippen molar-refractivity contribution in [3.8, 4) is 0 Å². The minimum atomic E-state index is -1.68. The maximum Gasteiger partial charge on any atom is 0.250 e. The quantitative estimate of drug-likeness (QED) is 0.229. The lowest BCUT2D eigenvalue weighted by Gasteiger charge is -2.38. The van der Waals surface area contributed by atoms with E-state index in [0.29, 0.717) is 0 Å². The van der Waals surface area contributed by atoms with E-state index in [1.807, 2.05) is 0 Å². The predicted molar refractivity (Wildman–Crippen MR) is 130 cm³/mol. The lowest BCUT2D eigenvalue weighted by Crippen LogP contribution is -2.40. The summed E-state index contributed by atoms with van der Waals surface area (Å²) >= 11 is 0. The summed E-state index contributed by atoms with van der Waals surface area (Å²) < 4.78 is 14.2. The summed E-state index contributed by atoms with van der Waals surface area (Å²) in [6.07, 6.45) is 12.4. The minimum Gasteiger partial charge on any atom is -0.544 e. The molecule has 0 spiro atoms. The smallest absolute Gasteiger partial charge is 0.250 e. The molecular formula is C24H50O2Si2. The molecule has 0 aromatic carbocycles. The highest BCUT2D eigenvalue weighted by molar-refractivity contribution is 6.74. The van der Waals surface area contributed by atoms with Crippen LogP contribution in [0.25, 0.3) is 0 Å². The summed E-state index contributed by atoms with van der Waals surface area (Å²) in [6, 6.07) is 7.87. The van der Waals surface area contributed by atoms with Gasteiger partial charge >= 0.3 is 0 Å². The van der Waals surface area contributed by atoms with Gasteiger partial charge < -0.3 is 8.85 Å². The Balaban J connectivity index is 3.18. The average molecular weight is 427 g/mol. The largest absolute Gasteiger partial charge is 0.544 e. The zero-order chi connectivity index (χ0) is 20.9. The fraction of sp³-hybridized carbons (Fsp3) is 0.917. The van der Waals surface area contributed by atoms with Gasteiger partial charge in [0.15, 0.2) is 0 Å². The van der Waals surface area contributed by atoms with Crippen LogP contribution in [0.15, 0.2) is 11.5 Å². The van der Waals surface area contributed by atoms with Gasteiger partial charge in [-0.15, -0.1) is 0 Å². The molecule has 0 fully saturated rings. The molecule has 0 atom stereocenters. The molecule has 0 aromatic heterocycles. The molecule has 2 nitrogen and oxygen atoms in total. The van der Waals surface area contributed by atoms with Crippen molar-refractivity contribution < 1.29 is 8.85 Å². The van der Waals surface area contributed by atoms with Gasteiger partial charge in [0.1, 0.15) is 11.5 Å². The minimum absolute atomic E-state index is 1.12. The molecule has 4 heteroatoms. The molecule has 0 saturated heterocycles. The van der Waals surface area contributed by atoms with Crippen LogP contribution in [-0.4, -0.2) is 16.6 Å². The van der Waals surface area contributed by atoms with Gasteiger partial charge in [-0.25, -0.2) is 0 Å². The summed E-state index contributed by atoms with van der Waals surface area (Å²) in [4.78, 5) is 0. The van der Waals surface area contributed by atoms with Crippen LogP contribution < -0.4 is 0 Å². The third-order valence-electron chi connectivity index (χ3n) is 6.28. The number of hydrogen-bond acceptors (Lipinski definition) is 2. The van der Waals surface area contributed by atoms with Crippen LogP contribution in [0.3, 0.4) is 0 Å². The van der Waals surface area contributed by atoms with Crippen molar-refractivity contribution in [2.75, 3.05) is 0 Å². The molecule has 1 aliphatic rings. The van der Waals surface area contributed by atoms with Crippen LogP contribution in [0.2, 0.25) is 36.3 Å². The lowest BCUT2D eigenvalue weighted by atomic mass is 10.1. The molecule has 0 saturated carbocycles. The zero-order valence-corrected chi connectivity index (χ0v) is 22.1. The average Bonchev–Trinajstić information content (AvgIpc) is 2.65. The maximum absolute atomic E-state index is 7.11. The lowest BCUT2D eigenvalue weighted by molar-refractivity contribution is 0.277. The van der Waals surface area contributed by atoms with Crippen LogP contribution in [0.5, 0.6) is 0 Å².